The van der Waals surface area contributed by atoms with Gasteiger partial charge in [-0.05, 0) is 38.0 Å². The molecule has 22 heavy (non-hydrogen) atoms. The molecule has 2 rings (SSSR count). The summed E-state index contributed by atoms with van der Waals surface area (Å²) in [6.45, 7) is 2.34. The number of hydrogen-bond donors (Lipinski definition) is 0. The molecule has 0 aromatic heterocycles. The van der Waals surface area contributed by atoms with Crippen molar-refractivity contribution in [3.8, 4) is 0 Å². The number of benzene rings is 1. The van der Waals surface area contributed by atoms with E-state index >= 15 is 0 Å². The largest absolute Gasteiger partial charge is 0.466 e. The third-order valence-electron chi connectivity index (χ3n) is 3.53. The van der Waals surface area contributed by atoms with Gasteiger partial charge in [-0.15, -0.1) is 0 Å². The number of carbonyl (C=O) groups excluding carboxylic acids is 1. The molecule has 1 aromatic rings. The molecule has 122 valence electrons. The average Bonchev–Trinajstić information content (AvgIpc) is 2.50. The molecule has 0 radical (unpaired) electrons. The average molecular weight is 350 g/mol. The van der Waals surface area contributed by atoms with Gasteiger partial charge in [0, 0.05) is 13.1 Å². The molecule has 1 unspecified atom stereocenters. The van der Waals surface area contributed by atoms with Crippen LogP contribution >= 0.6 is 11.6 Å². The molecule has 5 nitrogen and oxygen atoms in total. The summed E-state index contributed by atoms with van der Waals surface area (Å²) in [5.74, 6) is -1.54. The predicted molar refractivity (Wildman–Crippen MR) is 79.5 cm³/mol. The summed E-state index contributed by atoms with van der Waals surface area (Å²) in [5.41, 5.74) is 0. The first-order valence-electron chi connectivity index (χ1n) is 6.98. The highest BCUT2D eigenvalue weighted by Crippen LogP contribution is 2.26. The number of ether oxygens (including phenoxy) is 1. The quantitative estimate of drug-likeness (QED) is 0.783. The maximum Gasteiger partial charge on any atom is 0.310 e. The number of esters is 1. The lowest BCUT2D eigenvalue weighted by molar-refractivity contribution is -0.149. The maximum atomic E-state index is 13.2. The second kappa shape index (κ2) is 6.93. The van der Waals surface area contributed by atoms with Crippen LogP contribution in [0.15, 0.2) is 23.1 Å². The molecule has 1 saturated heterocycles. The van der Waals surface area contributed by atoms with Gasteiger partial charge >= 0.3 is 5.97 Å². The summed E-state index contributed by atoms with van der Waals surface area (Å²) in [7, 11) is -3.81. The van der Waals surface area contributed by atoms with E-state index in [1.54, 1.807) is 6.92 Å². The summed E-state index contributed by atoms with van der Waals surface area (Å²) in [5, 5.41) is -0.250. The standard InChI is InChI=1S/C14H17ClFNO4S/c1-2-21-14(18)10-4-3-7-17(9-10)22(19,20)11-5-6-13(16)12(15)8-11/h5-6,8,10H,2-4,7,9H2,1H3. The molecule has 0 amide bonds. The monoisotopic (exact) mass is 349 g/mol. The van der Waals surface area contributed by atoms with Gasteiger partial charge < -0.3 is 4.74 Å². The SMILES string of the molecule is CCOC(=O)C1CCCN(S(=O)(=O)c2ccc(F)c(Cl)c2)C1. The minimum Gasteiger partial charge on any atom is -0.466 e. The Labute approximate surface area is 134 Å². The van der Waals surface area contributed by atoms with Crippen molar-refractivity contribution < 1.29 is 22.3 Å². The minimum absolute atomic E-state index is 0.0656. The topological polar surface area (TPSA) is 63.7 Å². The Balaban J connectivity index is 2.21. The van der Waals surface area contributed by atoms with Crippen molar-refractivity contribution in [2.75, 3.05) is 19.7 Å². The lowest BCUT2D eigenvalue weighted by Crippen LogP contribution is -2.42. The Morgan fingerprint density at radius 1 is 1.50 bits per heavy atom. The van der Waals surface area contributed by atoms with Crippen molar-refractivity contribution in [3.05, 3.63) is 29.0 Å². The Kier molecular flexibility index (Phi) is 5.41. The third kappa shape index (κ3) is 3.59. The van der Waals surface area contributed by atoms with Gasteiger partial charge in [0.2, 0.25) is 10.0 Å². The van der Waals surface area contributed by atoms with Crippen LogP contribution in [0.25, 0.3) is 0 Å². The number of rotatable bonds is 4. The minimum atomic E-state index is -3.81. The molecule has 1 heterocycles. The van der Waals surface area contributed by atoms with E-state index in [0.29, 0.717) is 19.4 Å². The fraction of sp³-hybridized carbons (Fsp3) is 0.500. The number of nitrogens with zero attached hydrogens (tertiary/aromatic N) is 1. The molecule has 0 saturated carbocycles. The van der Waals surface area contributed by atoms with Crippen molar-refractivity contribution in [3.63, 3.8) is 0 Å². The fourth-order valence-corrected chi connectivity index (χ4v) is 4.20. The number of sulfonamides is 1. The molecule has 1 aliphatic rings. The van der Waals surface area contributed by atoms with E-state index in [1.165, 1.54) is 10.4 Å². The van der Waals surface area contributed by atoms with E-state index in [9.17, 15) is 17.6 Å². The molecule has 0 bridgehead atoms. The second-order valence-corrected chi connectivity index (χ2v) is 7.38. The van der Waals surface area contributed by atoms with Gasteiger partial charge in [0.1, 0.15) is 5.82 Å². The first kappa shape index (κ1) is 17.2. The van der Waals surface area contributed by atoms with E-state index in [2.05, 4.69) is 0 Å². The van der Waals surface area contributed by atoms with Crippen molar-refractivity contribution in [1.82, 2.24) is 4.31 Å². The lowest BCUT2D eigenvalue weighted by atomic mass is 10.0. The summed E-state index contributed by atoms with van der Waals surface area (Å²) < 4.78 is 44.5. The number of halogens is 2. The number of piperidine rings is 1. The van der Waals surface area contributed by atoms with Crippen LogP contribution in [0.5, 0.6) is 0 Å². The Morgan fingerprint density at radius 3 is 2.86 bits per heavy atom. The molecule has 0 aliphatic carbocycles. The van der Waals surface area contributed by atoms with Crippen molar-refractivity contribution in [2.45, 2.75) is 24.7 Å². The molecule has 0 N–H and O–H groups in total. The van der Waals surface area contributed by atoms with E-state index in [4.69, 9.17) is 16.3 Å². The number of hydrogen-bond acceptors (Lipinski definition) is 4. The zero-order chi connectivity index (χ0) is 16.3. The smallest absolute Gasteiger partial charge is 0.310 e. The van der Waals surface area contributed by atoms with Crippen LogP contribution in [0.2, 0.25) is 5.02 Å². The van der Waals surface area contributed by atoms with Crippen molar-refractivity contribution >= 4 is 27.6 Å². The maximum absolute atomic E-state index is 13.2. The lowest BCUT2D eigenvalue weighted by Gasteiger charge is -2.30. The number of carbonyl (C=O) groups is 1. The third-order valence-corrected chi connectivity index (χ3v) is 5.68. The van der Waals surface area contributed by atoms with Crippen LogP contribution in [0.1, 0.15) is 19.8 Å². The molecule has 8 heteroatoms. The van der Waals surface area contributed by atoms with E-state index in [1.807, 2.05) is 0 Å². The van der Waals surface area contributed by atoms with Gasteiger partial charge in [-0.3, -0.25) is 4.79 Å². The molecular weight excluding hydrogens is 333 g/mol. The fourth-order valence-electron chi connectivity index (χ4n) is 2.40. The summed E-state index contributed by atoms with van der Waals surface area (Å²) in [6.07, 6.45) is 1.16. The van der Waals surface area contributed by atoms with Crippen LogP contribution in [0, 0.1) is 11.7 Å². The highest BCUT2D eigenvalue weighted by atomic mass is 35.5. The van der Waals surface area contributed by atoms with Gasteiger partial charge in [0.05, 0.1) is 22.4 Å². The van der Waals surface area contributed by atoms with E-state index in [-0.39, 0.29) is 29.0 Å². The van der Waals surface area contributed by atoms with Gasteiger partial charge in [-0.1, -0.05) is 11.6 Å². The van der Waals surface area contributed by atoms with Crippen molar-refractivity contribution in [2.24, 2.45) is 5.92 Å². The zero-order valence-electron chi connectivity index (χ0n) is 12.1. The van der Waals surface area contributed by atoms with E-state index in [0.717, 1.165) is 12.1 Å². The Morgan fingerprint density at radius 2 is 2.23 bits per heavy atom. The van der Waals surface area contributed by atoms with Gasteiger partial charge in [-0.25, -0.2) is 12.8 Å². The first-order chi connectivity index (χ1) is 10.4. The van der Waals surface area contributed by atoms with Gasteiger partial charge in [-0.2, -0.15) is 4.31 Å². The van der Waals surface area contributed by atoms with Crippen LogP contribution in [0.4, 0.5) is 4.39 Å². The molecule has 1 fully saturated rings. The Bertz CT molecular complexity index is 665. The van der Waals surface area contributed by atoms with E-state index < -0.39 is 21.8 Å². The van der Waals surface area contributed by atoms with Gasteiger partial charge in [0.15, 0.2) is 0 Å². The van der Waals surface area contributed by atoms with Crippen molar-refractivity contribution in [1.29, 1.82) is 0 Å². The first-order valence-corrected chi connectivity index (χ1v) is 8.80. The molecule has 1 atom stereocenters. The highest BCUT2D eigenvalue weighted by molar-refractivity contribution is 7.89. The predicted octanol–water partition coefficient (Wildman–Crippen LogP) is 2.44. The molecule has 0 spiro atoms. The normalized spacial score (nSPS) is 19.9. The molecular formula is C14H17ClFNO4S. The summed E-state index contributed by atoms with van der Waals surface area (Å²) in [6, 6.07) is 3.27. The van der Waals surface area contributed by atoms with Crippen LogP contribution in [-0.2, 0) is 19.6 Å². The van der Waals surface area contributed by atoms with Crippen LogP contribution < -0.4 is 0 Å². The zero-order valence-corrected chi connectivity index (χ0v) is 13.7. The Hall–Kier alpha value is -1.18. The molecule has 1 aromatic carbocycles. The summed E-state index contributed by atoms with van der Waals surface area (Å²) >= 11 is 5.65. The van der Waals surface area contributed by atoms with Crippen LogP contribution in [-0.4, -0.2) is 38.4 Å². The summed E-state index contributed by atoms with van der Waals surface area (Å²) in [4.78, 5) is 11.7. The highest BCUT2D eigenvalue weighted by Gasteiger charge is 2.34. The second-order valence-electron chi connectivity index (χ2n) is 5.03. The van der Waals surface area contributed by atoms with Crippen LogP contribution in [0.3, 0.4) is 0 Å². The molecule has 1 aliphatic heterocycles. The van der Waals surface area contributed by atoms with Gasteiger partial charge in [0.25, 0.3) is 0 Å².